The summed E-state index contributed by atoms with van der Waals surface area (Å²) in [5, 5.41) is 8.66. The molecule has 2 saturated carbocycles. The Hall–Kier alpha value is -1.96. The zero-order chi connectivity index (χ0) is 17.2. The number of H-pyrrole nitrogens is 1. The van der Waals surface area contributed by atoms with Gasteiger partial charge in [-0.15, -0.1) is 10.2 Å². The van der Waals surface area contributed by atoms with Crippen molar-refractivity contribution in [1.82, 2.24) is 24.6 Å². The topological polar surface area (TPSA) is 93.0 Å². The minimum atomic E-state index is -2.91. The van der Waals surface area contributed by atoms with E-state index < -0.39 is 9.84 Å². The van der Waals surface area contributed by atoms with Crippen molar-refractivity contribution >= 4 is 26.6 Å². The largest absolute Gasteiger partial charge is 0.345 e. The van der Waals surface area contributed by atoms with E-state index in [4.69, 9.17) is 0 Å². The van der Waals surface area contributed by atoms with E-state index in [2.05, 4.69) is 31.5 Å². The highest BCUT2D eigenvalue weighted by Crippen LogP contribution is 2.44. The average Bonchev–Trinajstić information content (AvgIpc) is 3.03. The summed E-state index contributed by atoms with van der Waals surface area (Å²) in [6.45, 7) is 2.20. The molecule has 3 atom stereocenters. The van der Waals surface area contributed by atoms with Crippen molar-refractivity contribution in [3.8, 4) is 0 Å². The number of nitrogens with zero attached hydrogens (tertiary/aromatic N) is 4. The van der Waals surface area contributed by atoms with Gasteiger partial charge in [-0.1, -0.05) is 6.92 Å². The maximum absolute atomic E-state index is 12.4. The third-order valence-electron chi connectivity index (χ3n) is 5.78. The fraction of sp³-hybridized carbons (Fsp3) is 0.588. The van der Waals surface area contributed by atoms with Gasteiger partial charge in [0.15, 0.2) is 21.1 Å². The Balaban J connectivity index is 1.49. The molecule has 25 heavy (non-hydrogen) atoms. The van der Waals surface area contributed by atoms with Crippen LogP contribution in [0, 0.1) is 11.8 Å². The predicted molar refractivity (Wildman–Crippen MR) is 94.1 cm³/mol. The molecule has 5 rings (SSSR count). The van der Waals surface area contributed by atoms with Crippen LogP contribution in [0.3, 0.4) is 0 Å². The predicted octanol–water partition coefficient (Wildman–Crippen LogP) is 2.31. The SMILES string of the molecule is C[C@@H]1C[C@H](CS(=O)(=O)C2CC2)C[C@@H]1c1nnc2cnc3[nH]ccc3n12. The van der Waals surface area contributed by atoms with Crippen LogP contribution in [0.4, 0.5) is 0 Å². The molecule has 3 aromatic heterocycles. The van der Waals surface area contributed by atoms with Gasteiger partial charge in [0.05, 0.1) is 22.7 Å². The Morgan fingerprint density at radius 1 is 1.28 bits per heavy atom. The fourth-order valence-electron chi connectivity index (χ4n) is 4.40. The first kappa shape index (κ1) is 15.3. The van der Waals surface area contributed by atoms with Gasteiger partial charge in [-0.3, -0.25) is 4.40 Å². The highest BCUT2D eigenvalue weighted by Gasteiger charge is 2.41. The lowest BCUT2D eigenvalue weighted by Crippen LogP contribution is -2.18. The smallest absolute Gasteiger partial charge is 0.179 e. The van der Waals surface area contributed by atoms with Crippen LogP contribution in [0.1, 0.15) is 44.3 Å². The molecule has 0 amide bonds. The molecule has 132 valence electrons. The second kappa shape index (κ2) is 5.27. The molecular weight excluding hydrogens is 338 g/mol. The van der Waals surface area contributed by atoms with Crippen LogP contribution >= 0.6 is 0 Å². The lowest BCUT2D eigenvalue weighted by molar-refractivity contribution is 0.504. The molecule has 7 nitrogen and oxygen atoms in total. The Morgan fingerprint density at radius 2 is 2.12 bits per heavy atom. The Bertz CT molecular complexity index is 1050. The average molecular weight is 359 g/mol. The summed E-state index contributed by atoms with van der Waals surface area (Å²) in [4.78, 5) is 7.48. The normalized spacial score (nSPS) is 27.5. The quantitative estimate of drug-likeness (QED) is 0.771. The van der Waals surface area contributed by atoms with E-state index in [1.807, 2.05) is 12.3 Å². The van der Waals surface area contributed by atoms with Gasteiger partial charge in [0.25, 0.3) is 0 Å². The molecule has 0 bridgehead atoms. The van der Waals surface area contributed by atoms with Gasteiger partial charge in [-0.25, -0.2) is 13.4 Å². The molecule has 0 aliphatic heterocycles. The van der Waals surface area contributed by atoms with E-state index in [-0.39, 0.29) is 17.1 Å². The molecule has 3 aromatic rings. The Morgan fingerprint density at radius 3 is 2.92 bits per heavy atom. The van der Waals surface area contributed by atoms with Crippen molar-refractivity contribution in [2.45, 2.75) is 43.8 Å². The van der Waals surface area contributed by atoms with Gasteiger partial charge in [0.1, 0.15) is 5.82 Å². The van der Waals surface area contributed by atoms with Crippen LogP contribution < -0.4 is 0 Å². The zero-order valence-corrected chi connectivity index (χ0v) is 14.9. The summed E-state index contributed by atoms with van der Waals surface area (Å²) < 4.78 is 26.8. The van der Waals surface area contributed by atoms with Gasteiger partial charge in [-0.05, 0) is 43.6 Å². The van der Waals surface area contributed by atoms with E-state index >= 15 is 0 Å². The van der Waals surface area contributed by atoms with Crippen LogP contribution in [0.15, 0.2) is 18.5 Å². The molecule has 0 aromatic carbocycles. The molecule has 0 unspecified atom stereocenters. The minimum absolute atomic E-state index is 0.0682. The van der Waals surface area contributed by atoms with E-state index in [1.165, 1.54) is 0 Å². The van der Waals surface area contributed by atoms with Gasteiger partial charge in [-0.2, -0.15) is 0 Å². The highest BCUT2D eigenvalue weighted by molar-refractivity contribution is 7.92. The summed E-state index contributed by atoms with van der Waals surface area (Å²) in [5.41, 5.74) is 2.52. The first-order valence-electron chi connectivity index (χ1n) is 8.91. The third-order valence-corrected chi connectivity index (χ3v) is 8.20. The molecule has 0 spiro atoms. The number of aromatic nitrogens is 5. The highest BCUT2D eigenvalue weighted by atomic mass is 32.2. The molecule has 2 fully saturated rings. The first-order valence-corrected chi connectivity index (χ1v) is 10.6. The van der Waals surface area contributed by atoms with Crippen molar-refractivity contribution < 1.29 is 8.42 Å². The molecular formula is C17H21N5O2S. The number of hydrogen-bond acceptors (Lipinski definition) is 5. The second-order valence-corrected chi connectivity index (χ2v) is 10.00. The summed E-state index contributed by atoms with van der Waals surface area (Å²) in [6.07, 6.45) is 7.09. The van der Waals surface area contributed by atoms with Crippen LogP contribution in [0.5, 0.6) is 0 Å². The summed E-state index contributed by atoms with van der Waals surface area (Å²) in [5.74, 6) is 2.11. The molecule has 2 aliphatic rings. The molecule has 0 saturated heterocycles. The maximum Gasteiger partial charge on any atom is 0.179 e. The number of aromatic amines is 1. The molecule has 8 heteroatoms. The van der Waals surface area contributed by atoms with Crippen molar-refractivity contribution in [2.75, 3.05) is 5.75 Å². The zero-order valence-electron chi connectivity index (χ0n) is 14.1. The molecule has 0 radical (unpaired) electrons. The third kappa shape index (κ3) is 2.46. The standard InChI is InChI=1S/C17H21N5O2S/c1-10-6-11(9-25(23,24)12-2-3-12)7-13(10)17-21-20-15-8-19-16-14(22(15)17)4-5-18-16/h4-5,8,10-13,18H,2-3,6-7,9H2,1H3/t10-,11+,13+/m1/s1. The van der Waals surface area contributed by atoms with Crippen LogP contribution in [-0.4, -0.2) is 44.0 Å². The molecule has 3 heterocycles. The van der Waals surface area contributed by atoms with Crippen molar-refractivity contribution in [3.63, 3.8) is 0 Å². The Labute approximate surface area is 145 Å². The Kier molecular flexibility index (Phi) is 3.22. The first-order chi connectivity index (χ1) is 12.0. The van der Waals surface area contributed by atoms with Crippen molar-refractivity contribution in [1.29, 1.82) is 0 Å². The van der Waals surface area contributed by atoms with E-state index in [9.17, 15) is 8.42 Å². The summed E-state index contributed by atoms with van der Waals surface area (Å²) in [6, 6.07) is 1.98. The summed E-state index contributed by atoms with van der Waals surface area (Å²) >= 11 is 0. The lowest BCUT2D eigenvalue weighted by atomic mass is 9.97. The van der Waals surface area contributed by atoms with Gasteiger partial charge in [0.2, 0.25) is 0 Å². The fourth-order valence-corrected chi connectivity index (χ4v) is 6.46. The van der Waals surface area contributed by atoms with Crippen LogP contribution in [0.2, 0.25) is 0 Å². The number of nitrogens with one attached hydrogen (secondary N) is 1. The van der Waals surface area contributed by atoms with Gasteiger partial charge < -0.3 is 4.98 Å². The second-order valence-electron chi connectivity index (χ2n) is 7.67. The van der Waals surface area contributed by atoms with Crippen molar-refractivity contribution in [2.24, 2.45) is 11.8 Å². The molecule has 2 aliphatic carbocycles. The number of sulfone groups is 1. The van der Waals surface area contributed by atoms with E-state index in [0.29, 0.717) is 11.7 Å². The van der Waals surface area contributed by atoms with Crippen molar-refractivity contribution in [3.05, 3.63) is 24.3 Å². The number of hydrogen-bond donors (Lipinski definition) is 1. The lowest BCUT2D eigenvalue weighted by Gasteiger charge is -2.13. The van der Waals surface area contributed by atoms with E-state index in [0.717, 1.165) is 48.3 Å². The number of fused-ring (bicyclic) bond motifs is 3. The maximum atomic E-state index is 12.4. The summed E-state index contributed by atoms with van der Waals surface area (Å²) in [7, 11) is -2.91. The molecule has 1 N–H and O–H groups in total. The van der Waals surface area contributed by atoms with Gasteiger partial charge in [0, 0.05) is 12.1 Å². The van der Waals surface area contributed by atoms with Gasteiger partial charge >= 0.3 is 0 Å². The minimum Gasteiger partial charge on any atom is -0.345 e. The van der Waals surface area contributed by atoms with Crippen LogP contribution in [0.25, 0.3) is 16.8 Å². The van der Waals surface area contributed by atoms with E-state index in [1.54, 1.807) is 6.20 Å². The monoisotopic (exact) mass is 359 g/mol. The van der Waals surface area contributed by atoms with Crippen LogP contribution in [-0.2, 0) is 9.84 Å². The number of rotatable bonds is 4.